The van der Waals surface area contributed by atoms with Crippen molar-refractivity contribution in [2.75, 3.05) is 7.05 Å². The van der Waals surface area contributed by atoms with Crippen LogP contribution in [0.25, 0.3) is 0 Å². The summed E-state index contributed by atoms with van der Waals surface area (Å²) in [5.74, 6) is 0. The minimum absolute atomic E-state index is 1.07. The SMILES string of the molecule is C/C=C\C(C)=NC. The summed E-state index contributed by atoms with van der Waals surface area (Å²) in [6.45, 7) is 3.95. The Bertz CT molecular complexity index is 90.4. The van der Waals surface area contributed by atoms with Crippen molar-refractivity contribution in [1.29, 1.82) is 0 Å². The van der Waals surface area contributed by atoms with Gasteiger partial charge in [-0.25, -0.2) is 0 Å². The quantitative estimate of drug-likeness (QED) is 0.441. The molecule has 0 saturated heterocycles. The Balaban J connectivity index is 3.58. The van der Waals surface area contributed by atoms with Crippen LogP contribution in [0.1, 0.15) is 13.8 Å². The second kappa shape index (κ2) is 3.59. The van der Waals surface area contributed by atoms with E-state index in [9.17, 15) is 0 Å². The molecular formula is C6H11N. The van der Waals surface area contributed by atoms with E-state index >= 15 is 0 Å². The highest BCUT2D eigenvalue weighted by Gasteiger charge is 1.71. The van der Waals surface area contributed by atoms with Crippen molar-refractivity contribution in [3.8, 4) is 0 Å². The van der Waals surface area contributed by atoms with Crippen LogP contribution in [0.2, 0.25) is 0 Å². The van der Waals surface area contributed by atoms with Crippen LogP contribution in [0.4, 0.5) is 0 Å². The molecule has 40 valence electrons. The van der Waals surface area contributed by atoms with E-state index in [4.69, 9.17) is 0 Å². The number of hydrogen-bond donors (Lipinski definition) is 0. The topological polar surface area (TPSA) is 12.4 Å². The summed E-state index contributed by atoms with van der Waals surface area (Å²) in [5.41, 5.74) is 1.07. The van der Waals surface area contributed by atoms with Crippen LogP contribution in [0.5, 0.6) is 0 Å². The fraction of sp³-hybridized carbons (Fsp3) is 0.500. The molecule has 0 aliphatic heterocycles. The molecule has 0 atom stereocenters. The highest BCUT2D eigenvalue weighted by molar-refractivity contribution is 5.92. The minimum atomic E-state index is 1.07. The fourth-order valence-electron chi connectivity index (χ4n) is 0.316. The molecule has 0 unspecified atom stereocenters. The van der Waals surface area contributed by atoms with Crippen LogP contribution < -0.4 is 0 Å². The van der Waals surface area contributed by atoms with Crippen molar-refractivity contribution in [3.63, 3.8) is 0 Å². The van der Waals surface area contributed by atoms with Gasteiger partial charge in [-0.15, -0.1) is 0 Å². The van der Waals surface area contributed by atoms with Crippen molar-refractivity contribution < 1.29 is 0 Å². The van der Waals surface area contributed by atoms with Gasteiger partial charge in [0.1, 0.15) is 0 Å². The zero-order valence-corrected chi connectivity index (χ0v) is 5.10. The summed E-state index contributed by atoms with van der Waals surface area (Å²) in [7, 11) is 1.79. The lowest BCUT2D eigenvalue weighted by molar-refractivity contribution is 1.43. The average molecular weight is 97.2 g/mol. The molecule has 0 spiro atoms. The molecule has 0 rings (SSSR count). The van der Waals surface area contributed by atoms with Gasteiger partial charge in [-0.05, 0) is 19.9 Å². The Labute approximate surface area is 44.8 Å². The van der Waals surface area contributed by atoms with E-state index in [1.165, 1.54) is 0 Å². The molecule has 7 heavy (non-hydrogen) atoms. The first-order valence-electron chi connectivity index (χ1n) is 2.37. The Morgan fingerprint density at radius 1 is 1.57 bits per heavy atom. The van der Waals surface area contributed by atoms with Gasteiger partial charge >= 0.3 is 0 Å². The van der Waals surface area contributed by atoms with Crippen LogP contribution in [0.3, 0.4) is 0 Å². The van der Waals surface area contributed by atoms with Gasteiger partial charge in [0.15, 0.2) is 0 Å². The second-order valence-corrected chi connectivity index (χ2v) is 1.36. The van der Waals surface area contributed by atoms with E-state index in [-0.39, 0.29) is 0 Å². The smallest absolute Gasteiger partial charge is 0.0310 e. The highest BCUT2D eigenvalue weighted by Crippen LogP contribution is 1.75. The van der Waals surface area contributed by atoms with Crippen LogP contribution in [-0.2, 0) is 0 Å². The zero-order chi connectivity index (χ0) is 5.70. The van der Waals surface area contributed by atoms with E-state index in [2.05, 4.69) is 4.99 Å². The summed E-state index contributed by atoms with van der Waals surface area (Å²) < 4.78 is 0. The van der Waals surface area contributed by atoms with E-state index in [0.717, 1.165) is 5.71 Å². The maximum atomic E-state index is 3.91. The summed E-state index contributed by atoms with van der Waals surface area (Å²) in [5, 5.41) is 0. The minimum Gasteiger partial charge on any atom is -0.293 e. The van der Waals surface area contributed by atoms with E-state index in [1.54, 1.807) is 7.05 Å². The van der Waals surface area contributed by atoms with Crippen molar-refractivity contribution in [2.24, 2.45) is 4.99 Å². The van der Waals surface area contributed by atoms with Crippen LogP contribution in [0, 0.1) is 0 Å². The predicted octanol–water partition coefficient (Wildman–Crippen LogP) is 1.65. The maximum Gasteiger partial charge on any atom is 0.0310 e. The number of nitrogens with zero attached hydrogens (tertiary/aromatic N) is 1. The molecule has 0 N–H and O–H groups in total. The first kappa shape index (κ1) is 6.41. The highest BCUT2D eigenvalue weighted by atomic mass is 14.7. The molecule has 0 aromatic rings. The Hall–Kier alpha value is -0.590. The molecule has 0 aliphatic rings. The second-order valence-electron chi connectivity index (χ2n) is 1.36. The van der Waals surface area contributed by atoms with E-state index < -0.39 is 0 Å². The summed E-state index contributed by atoms with van der Waals surface area (Å²) in [4.78, 5) is 3.91. The summed E-state index contributed by atoms with van der Waals surface area (Å²) in [6, 6.07) is 0. The average Bonchev–Trinajstić information content (AvgIpc) is 1.68. The van der Waals surface area contributed by atoms with Crippen molar-refractivity contribution in [1.82, 2.24) is 0 Å². The normalized spacial score (nSPS) is 13.3. The molecule has 0 amide bonds. The third-order valence-electron chi connectivity index (χ3n) is 0.761. The monoisotopic (exact) mass is 97.1 g/mol. The number of allylic oxidation sites excluding steroid dienone is 2. The van der Waals surface area contributed by atoms with E-state index in [1.807, 2.05) is 26.0 Å². The lowest BCUT2D eigenvalue weighted by atomic mass is 10.4. The number of aliphatic imine (C=N–C) groups is 1. The summed E-state index contributed by atoms with van der Waals surface area (Å²) in [6.07, 6.45) is 3.95. The Morgan fingerprint density at radius 2 is 2.14 bits per heavy atom. The fourth-order valence-corrected chi connectivity index (χ4v) is 0.316. The van der Waals surface area contributed by atoms with Gasteiger partial charge in [-0.3, -0.25) is 4.99 Å². The van der Waals surface area contributed by atoms with Crippen LogP contribution in [-0.4, -0.2) is 12.8 Å². The van der Waals surface area contributed by atoms with Gasteiger partial charge in [-0.2, -0.15) is 0 Å². The van der Waals surface area contributed by atoms with Crippen LogP contribution >= 0.6 is 0 Å². The molecule has 1 nitrogen and oxygen atoms in total. The molecule has 0 heterocycles. The Kier molecular flexibility index (Phi) is 3.29. The van der Waals surface area contributed by atoms with Gasteiger partial charge in [0.2, 0.25) is 0 Å². The molecule has 0 bridgehead atoms. The molecule has 1 heteroatoms. The van der Waals surface area contributed by atoms with Gasteiger partial charge in [0, 0.05) is 12.8 Å². The first-order chi connectivity index (χ1) is 3.31. The van der Waals surface area contributed by atoms with E-state index in [0.29, 0.717) is 0 Å². The van der Waals surface area contributed by atoms with Crippen LogP contribution in [0.15, 0.2) is 17.1 Å². The molecule has 0 fully saturated rings. The number of hydrogen-bond acceptors (Lipinski definition) is 1. The molecule has 0 aliphatic carbocycles. The largest absolute Gasteiger partial charge is 0.293 e. The maximum absolute atomic E-state index is 3.91. The molecule has 0 aromatic heterocycles. The lowest BCUT2D eigenvalue weighted by Crippen LogP contribution is -1.79. The molecular weight excluding hydrogens is 86.1 g/mol. The molecule has 0 radical (unpaired) electrons. The van der Waals surface area contributed by atoms with Crippen molar-refractivity contribution in [3.05, 3.63) is 12.2 Å². The van der Waals surface area contributed by atoms with Gasteiger partial charge in [0.25, 0.3) is 0 Å². The first-order valence-corrected chi connectivity index (χ1v) is 2.37. The number of rotatable bonds is 1. The molecule has 0 saturated carbocycles. The van der Waals surface area contributed by atoms with Crippen molar-refractivity contribution >= 4 is 5.71 Å². The predicted molar refractivity (Wildman–Crippen MR) is 33.8 cm³/mol. The lowest BCUT2D eigenvalue weighted by Gasteiger charge is -1.80. The van der Waals surface area contributed by atoms with Gasteiger partial charge in [0.05, 0.1) is 0 Å². The third-order valence-corrected chi connectivity index (χ3v) is 0.761. The van der Waals surface area contributed by atoms with Crippen molar-refractivity contribution in [2.45, 2.75) is 13.8 Å². The van der Waals surface area contributed by atoms with Gasteiger partial charge < -0.3 is 0 Å². The van der Waals surface area contributed by atoms with Gasteiger partial charge in [-0.1, -0.05) is 6.08 Å². The summed E-state index contributed by atoms with van der Waals surface area (Å²) >= 11 is 0. The third kappa shape index (κ3) is 3.23. The molecule has 0 aromatic carbocycles. The standard InChI is InChI=1S/C6H11N/c1-4-5-6(2)7-3/h4-5H,1-3H3/b5-4-,7-6?. The zero-order valence-electron chi connectivity index (χ0n) is 5.10. The Morgan fingerprint density at radius 3 is 2.29 bits per heavy atom.